The molecule has 2 rings (SSSR count). The number of para-hydroxylation sites is 1. The predicted molar refractivity (Wildman–Crippen MR) is 76.1 cm³/mol. The Hall–Kier alpha value is -1.46. The zero-order chi connectivity index (χ0) is 14.7. The van der Waals surface area contributed by atoms with Crippen LogP contribution in [0.25, 0.3) is 0 Å². The van der Waals surface area contributed by atoms with Gasteiger partial charge in [-0.25, -0.2) is 4.39 Å². The predicted octanol–water partition coefficient (Wildman–Crippen LogP) is 1.63. The molecule has 0 spiro atoms. The first-order chi connectivity index (χ1) is 9.50. The number of anilines is 1. The molecule has 2 unspecified atom stereocenters. The van der Waals surface area contributed by atoms with Gasteiger partial charge in [0.25, 0.3) is 0 Å². The summed E-state index contributed by atoms with van der Waals surface area (Å²) in [6.07, 6.45) is 0.931. The van der Waals surface area contributed by atoms with Crippen molar-refractivity contribution >= 4 is 11.6 Å². The number of carbonyl (C=O) groups excluding carboxylic acids is 1. The van der Waals surface area contributed by atoms with Crippen LogP contribution in [-0.4, -0.2) is 48.2 Å². The number of carbonyl (C=O) groups is 1. The second-order valence-corrected chi connectivity index (χ2v) is 5.36. The van der Waals surface area contributed by atoms with Crippen LogP contribution in [0.15, 0.2) is 24.3 Å². The molecule has 0 bridgehead atoms. The van der Waals surface area contributed by atoms with E-state index in [-0.39, 0.29) is 23.9 Å². The topological polar surface area (TPSA) is 43.8 Å². The summed E-state index contributed by atoms with van der Waals surface area (Å²) in [5.74, 6) is -0.434. The Morgan fingerprint density at radius 2 is 2.20 bits per heavy atom. The van der Waals surface area contributed by atoms with Gasteiger partial charge in [-0.15, -0.1) is 0 Å². The van der Waals surface area contributed by atoms with Gasteiger partial charge in [0.2, 0.25) is 5.91 Å². The molecule has 0 saturated carbocycles. The Bertz CT molecular complexity index is 479. The van der Waals surface area contributed by atoms with E-state index >= 15 is 0 Å². The molecule has 0 aromatic heterocycles. The number of aliphatic hydroxyl groups is 1. The number of benzene rings is 1. The van der Waals surface area contributed by atoms with Crippen LogP contribution in [-0.2, 0) is 4.79 Å². The number of amides is 1. The first-order valence-corrected chi connectivity index (χ1v) is 6.95. The van der Waals surface area contributed by atoms with Gasteiger partial charge in [0.1, 0.15) is 5.82 Å². The summed E-state index contributed by atoms with van der Waals surface area (Å²) in [7, 11) is 1.87. The molecule has 4 nitrogen and oxygen atoms in total. The van der Waals surface area contributed by atoms with Gasteiger partial charge in [-0.1, -0.05) is 12.1 Å². The van der Waals surface area contributed by atoms with Crippen molar-refractivity contribution < 1.29 is 14.3 Å². The molecule has 0 radical (unpaired) electrons. The zero-order valence-electron chi connectivity index (χ0n) is 11.9. The molecule has 1 N–H and O–H groups in total. The molecule has 20 heavy (non-hydrogen) atoms. The average molecular weight is 280 g/mol. The maximum absolute atomic E-state index is 13.8. The van der Waals surface area contributed by atoms with Crippen LogP contribution in [0.2, 0.25) is 0 Å². The maximum atomic E-state index is 13.8. The summed E-state index contributed by atoms with van der Waals surface area (Å²) in [4.78, 5) is 15.9. The van der Waals surface area contributed by atoms with Gasteiger partial charge in [-0.3, -0.25) is 9.69 Å². The van der Waals surface area contributed by atoms with Crippen molar-refractivity contribution in [1.82, 2.24) is 4.90 Å². The molecule has 5 heteroatoms. The second-order valence-electron chi connectivity index (χ2n) is 5.36. The fraction of sp³-hybridized carbons (Fsp3) is 0.533. The monoisotopic (exact) mass is 280 g/mol. The molecule has 110 valence electrons. The van der Waals surface area contributed by atoms with E-state index < -0.39 is 0 Å². The summed E-state index contributed by atoms with van der Waals surface area (Å²) in [6.45, 7) is 2.92. The fourth-order valence-corrected chi connectivity index (χ4v) is 2.53. The number of hydrogen-bond donors (Lipinski definition) is 1. The summed E-state index contributed by atoms with van der Waals surface area (Å²) in [5, 5.41) is 9.30. The van der Waals surface area contributed by atoms with Crippen LogP contribution in [0.1, 0.15) is 19.8 Å². The van der Waals surface area contributed by atoms with E-state index in [1.54, 1.807) is 25.1 Å². The lowest BCUT2D eigenvalue weighted by molar-refractivity contribution is -0.121. The molecule has 0 aliphatic carbocycles. The minimum absolute atomic E-state index is 0.0665. The smallest absolute Gasteiger partial charge is 0.244 e. The van der Waals surface area contributed by atoms with Crippen LogP contribution < -0.4 is 4.90 Å². The highest BCUT2D eigenvalue weighted by atomic mass is 19.1. The highest BCUT2D eigenvalue weighted by molar-refractivity contribution is 5.99. The van der Waals surface area contributed by atoms with Crippen LogP contribution in [0, 0.1) is 5.82 Å². The zero-order valence-corrected chi connectivity index (χ0v) is 11.9. The van der Waals surface area contributed by atoms with Crippen molar-refractivity contribution in [2.45, 2.75) is 31.9 Å². The Kier molecular flexibility index (Phi) is 4.73. The molecule has 1 saturated heterocycles. The number of nitrogens with zero attached hydrogens (tertiary/aromatic N) is 2. The maximum Gasteiger partial charge on any atom is 0.244 e. The van der Waals surface area contributed by atoms with Crippen molar-refractivity contribution in [2.24, 2.45) is 0 Å². The van der Waals surface area contributed by atoms with Gasteiger partial charge in [0.15, 0.2) is 0 Å². The largest absolute Gasteiger partial charge is 0.393 e. The Labute approximate surface area is 118 Å². The SMILES string of the molecule is CC(O)CCN(C)C1CCN(c2ccccc2F)C1=O. The van der Waals surface area contributed by atoms with Crippen molar-refractivity contribution in [1.29, 1.82) is 0 Å². The van der Waals surface area contributed by atoms with Gasteiger partial charge in [0.05, 0.1) is 17.8 Å². The van der Waals surface area contributed by atoms with Crippen LogP contribution in [0.3, 0.4) is 0 Å². The van der Waals surface area contributed by atoms with Gasteiger partial charge in [-0.2, -0.15) is 0 Å². The van der Waals surface area contributed by atoms with Gasteiger partial charge >= 0.3 is 0 Å². The molecule has 1 aromatic carbocycles. The van der Waals surface area contributed by atoms with E-state index in [4.69, 9.17) is 0 Å². The highest BCUT2D eigenvalue weighted by Crippen LogP contribution is 2.26. The van der Waals surface area contributed by atoms with Gasteiger partial charge < -0.3 is 10.0 Å². The van der Waals surface area contributed by atoms with Crippen molar-refractivity contribution in [3.8, 4) is 0 Å². The van der Waals surface area contributed by atoms with Crippen LogP contribution >= 0.6 is 0 Å². The standard InChI is InChI=1S/C15H21FN2O2/c1-11(19)7-9-17(2)14-8-10-18(15(14)20)13-6-4-3-5-12(13)16/h3-6,11,14,19H,7-10H2,1-2H3. The van der Waals surface area contributed by atoms with Crippen molar-refractivity contribution in [3.63, 3.8) is 0 Å². The van der Waals surface area contributed by atoms with E-state index in [1.165, 1.54) is 11.0 Å². The molecule has 1 amide bonds. The lowest BCUT2D eigenvalue weighted by atomic mass is 10.2. The highest BCUT2D eigenvalue weighted by Gasteiger charge is 2.35. The van der Waals surface area contributed by atoms with Crippen molar-refractivity contribution in [2.75, 3.05) is 25.0 Å². The number of hydrogen-bond acceptors (Lipinski definition) is 3. The first kappa shape index (κ1) is 14.9. The van der Waals surface area contributed by atoms with Gasteiger partial charge in [0, 0.05) is 13.1 Å². The molecule has 1 aromatic rings. The van der Waals surface area contributed by atoms with Crippen LogP contribution in [0.5, 0.6) is 0 Å². The summed E-state index contributed by atoms with van der Waals surface area (Å²) in [6, 6.07) is 6.12. The fourth-order valence-electron chi connectivity index (χ4n) is 2.53. The number of aliphatic hydroxyl groups excluding tert-OH is 1. The summed E-state index contributed by atoms with van der Waals surface area (Å²) < 4.78 is 13.8. The molecule has 1 aliphatic heterocycles. The molecule has 1 heterocycles. The average Bonchev–Trinajstić information content (AvgIpc) is 2.78. The third kappa shape index (κ3) is 3.16. The molecule has 2 atom stereocenters. The van der Waals surface area contributed by atoms with E-state index in [0.29, 0.717) is 31.6 Å². The first-order valence-electron chi connectivity index (χ1n) is 6.95. The Morgan fingerprint density at radius 3 is 2.85 bits per heavy atom. The quantitative estimate of drug-likeness (QED) is 0.891. The van der Waals surface area contributed by atoms with E-state index in [2.05, 4.69) is 0 Å². The minimum Gasteiger partial charge on any atom is -0.393 e. The van der Waals surface area contributed by atoms with Gasteiger partial charge in [-0.05, 0) is 38.9 Å². The Morgan fingerprint density at radius 1 is 1.50 bits per heavy atom. The Balaban J connectivity index is 2.04. The van der Waals surface area contributed by atoms with E-state index in [1.807, 2.05) is 11.9 Å². The molecule has 1 aliphatic rings. The van der Waals surface area contributed by atoms with E-state index in [9.17, 15) is 14.3 Å². The minimum atomic E-state index is -0.378. The van der Waals surface area contributed by atoms with Crippen molar-refractivity contribution in [3.05, 3.63) is 30.1 Å². The number of halogens is 1. The van der Waals surface area contributed by atoms with E-state index in [0.717, 1.165) is 0 Å². The summed E-state index contributed by atoms with van der Waals surface area (Å²) in [5.41, 5.74) is 0.351. The normalized spacial score (nSPS) is 20.8. The lowest BCUT2D eigenvalue weighted by Gasteiger charge is -2.24. The molecular formula is C15H21FN2O2. The second kappa shape index (κ2) is 6.33. The number of rotatable bonds is 5. The lowest BCUT2D eigenvalue weighted by Crippen LogP contribution is -2.40. The number of likely N-dealkylation sites (N-methyl/N-ethyl adjacent to an activating group) is 1. The molecular weight excluding hydrogens is 259 g/mol. The third-order valence-electron chi connectivity index (χ3n) is 3.75. The van der Waals surface area contributed by atoms with Crippen LogP contribution in [0.4, 0.5) is 10.1 Å². The molecule has 1 fully saturated rings. The third-order valence-corrected chi connectivity index (χ3v) is 3.75. The summed E-state index contributed by atoms with van der Waals surface area (Å²) >= 11 is 0.